The van der Waals surface area contributed by atoms with Gasteiger partial charge in [0, 0.05) is 18.0 Å². The molecule has 0 fully saturated rings. The van der Waals surface area contributed by atoms with Crippen LogP contribution in [0.2, 0.25) is 0 Å². The third-order valence-corrected chi connectivity index (χ3v) is 3.91. The highest BCUT2D eigenvalue weighted by Gasteiger charge is 2.22. The fraction of sp³-hybridized carbons (Fsp3) is 0.500. The highest BCUT2D eigenvalue weighted by molar-refractivity contribution is 7.99. The number of nitrogens with two attached hydrogens (primary N) is 1. The van der Waals surface area contributed by atoms with Gasteiger partial charge in [0.15, 0.2) is 5.16 Å². The van der Waals surface area contributed by atoms with Crippen molar-refractivity contribution in [2.45, 2.75) is 43.3 Å². The predicted molar refractivity (Wildman–Crippen MR) is 78.4 cm³/mol. The van der Waals surface area contributed by atoms with E-state index >= 15 is 0 Å². The molecule has 20 heavy (non-hydrogen) atoms. The normalized spacial score (nSPS) is 11.7. The van der Waals surface area contributed by atoms with Crippen molar-refractivity contribution in [1.29, 1.82) is 0 Å². The number of aryl methyl sites for hydroxylation is 1. The zero-order valence-electron chi connectivity index (χ0n) is 12.3. The van der Waals surface area contributed by atoms with Crippen molar-refractivity contribution in [2.75, 3.05) is 5.43 Å². The van der Waals surface area contributed by atoms with Gasteiger partial charge in [0.1, 0.15) is 23.0 Å². The van der Waals surface area contributed by atoms with Crippen LogP contribution in [0.3, 0.4) is 0 Å². The molecule has 2 heterocycles. The quantitative estimate of drug-likeness (QED) is 0.504. The third-order valence-electron chi connectivity index (χ3n) is 2.77. The van der Waals surface area contributed by atoms with Crippen LogP contribution in [-0.4, -0.2) is 24.7 Å². The number of aromatic nitrogens is 5. The summed E-state index contributed by atoms with van der Waals surface area (Å²) in [4.78, 5) is 9.11. The first-order valence-corrected chi connectivity index (χ1v) is 7.02. The number of rotatable bonds is 3. The van der Waals surface area contributed by atoms with Gasteiger partial charge in [-0.2, -0.15) is 0 Å². The molecule has 3 N–H and O–H groups in total. The second kappa shape index (κ2) is 5.37. The monoisotopic (exact) mass is 293 g/mol. The fourth-order valence-corrected chi connectivity index (χ4v) is 2.36. The molecule has 0 aliphatic rings. The van der Waals surface area contributed by atoms with Crippen LogP contribution in [0, 0.1) is 6.92 Å². The minimum Gasteiger partial charge on any atom is -0.311 e. The SMILES string of the molecule is Cc1c(NN)nc(C(C)(C)C)nc1Sc1nncn1C. The number of nitrogen functional groups attached to an aromatic ring is 1. The lowest BCUT2D eigenvalue weighted by atomic mass is 9.95. The largest absolute Gasteiger partial charge is 0.311 e. The Morgan fingerprint density at radius 3 is 2.50 bits per heavy atom. The molecule has 2 aromatic rings. The number of nitrogens with zero attached hydrogens (tertiary/aromatic N) is 5. The minimum absolute atomic E-state index is 0.158. The second-order valence-corrected chi connectivity index (χ2v) is 6.50. The summed E-state index contributed by atoms with van der Waals surface area (Å²) in [6.45, 7) is 8.12. The van der Waals surface area contributed by atoms with Crippen LogP contribution < -0.4 is 11.3 Å². The lowest BCUT2D eigenvalue weighted by molar-refractivity contribution is 0.538. The van der Waals surface area contributed by atoms with Crippen molar-refractivity contribution in [3.05, 3.63) is 17.7 Å². The lowest BCUT2D eigenvalue weighted by Crippen LogP contribution is -2.20. The maximum absolute atomic E-state index is 5.55. The molecule has 0 amide bonds. The van der Waals surface area contributed by atoms with Gasteiger partial charge in [-0.3, -0.25) is 0 Å². The topological polar surface area (TPSA) is 94.5 Å². The van der Waals surface area contributed by atoms with Crippen molar-refractivity contribution in [2.24, 2.45) is 12.9 Å². The van der Waals surface area contributed by atoms with Gasteiger partial charge in [0.2, 0.25) is 0 Å². The van der Waals surface area contributed by atoms with E-state index in [-0.39, 0.29) is 5.41 Å². The lowest BCUT2D eigenvalue weighted by Gasteiger charge is -2.19. The Morgan fingerprint density at radius 1 is 1.30 bits per heavy atom. The summed E-state index contributed by atoms with van der Waals surface area (Å²) in [5, 5.41) is 9.53. The number of nitrogens with one attached hydrogen (secondary N) is 1. The number of hydrogen-bond acceptors (Lipinski definition) is 7. The van der Waals surface area contributed by atoms with E-state index < -0.39 is 0 Å². The summed E-state index contributed by atoms with van der Waals surface area (Å²) in [6, 6.07) is 0. The maximum atomic E-state index is 5.55. The summed E-state index contributed by atoms with van der Waals surface area (Å²) in [5.41, 5.74) is 3.37. The fourth-order valence-electron chi connectivity index (χ4n) is 1.52. The Balaban J connectivity index is 2.48. The molecule has 0 spiro atoms. The van der Waals surface area contributed by atoms with E-state index in [1.807, 2.05) is 18.5 Å². The zero-order valence-corrected chi connectivity index (χ0v) is 13.1. The van der Waals surface area contributed by atoms with Crippen LogP contribution in [0.25, 0.3) is 0 Å². The molecule has 0 bridgehead atoms. The van der Waals surface area contributed by atoms with E-state index in [4.69, 9.17) is 5.84 Å². The summed E-state index contributed by atoms with van der Waals surface area (Å²) in [5.74, 6) is 6.92. The van der Waals surface area contributed by atoms with Crippen LogP contribution in [-0.2, 0) is 12.5 Å². The average Bonchev–Trinajstić information content (AvgIpc) is 2.76. The van der Waals surface area contributed by atoms with E-state index in [9.17, 15) is 0 Å². The van der Waals surface area contributed by atoms with Crippen LogP contribution in [0.15, 0.2) is 16.5 Å². The van der Waals surface area contributed by atoms with Gasteiger partial charge >= 0.3 is 0 Å². The summed E-state index contributed by atoms with van der Waals surface area (Å²) >= 11 is 1.45. The van der Waals surface area contributed by atoms with Crippen molar-refractivity contribution < 1.29 is 0 Å². The van der Waals surface area contributed by atoms with Crippen molar-refractivity contribution in [3.8, 4) is 0 Å². The average molecular weight is 293 g/mol. The maximum Gasteiger partial charge on any atom is 0.197 e. The number of hydrogen-bond donors (Lipinski definition) is 2. The summed E-state index contributed by atoms with van der Waals surface area (Å²) in [6.07, 6.45) is 1.66. The van der Waals surface area contributed by atoms with E-state index in [0.717, 1.165) is 21.6 Å². The molecule has 108 valence electrons. The van der Waals surface area contributed by atoms with Gasteiger partial charge in [-0.1, -0.05) is 20.8 Å². The molecule has 8 heteroatoms. The molecule has 0 atom stereocenters. The Kier molecular flexibility index (Phi) is 3.96. The van der Waals surface area contributed by atoms with E-state index in [0.29, 0.717) is 5.82 Å². The molecule has 0 aliphatic carbocycles. The Bertz CT molecular complexity index is 615. The molecular formula is C12H19N7S. The molecular weight excluding hydrogens is 274 g/mol. The number of anilines is 1. The first kappa shape index (κ1) is 14.7. The molecule has 0 saturated carbocycles. The van der Waals surface area contributed by atoms with Crippen LogP contribution in [0.4, 0.5) is 5.82 Å². The standard InChI is InChI=1S/C12H19N7S/c1-7-8(17-13)15-10(12(2,3)4)16-9(7)20-11-18-14-6-19(11)5/h6H,13H2,1-5H3,(H,15,16,17). The van der Waals surface area contributed by atoms with Gasteiger partial charge in [-0.15, -0.1) is 10.2 Å². The van der Waals surface area contributed by atoms with Gasteiger partial charge in [-0.25, -0.2) is 15.8 Å². The molecule has 7 nitrogen and oxygen atoms in total. The summed E-state index contributed by atoms with van der Waals surface area (Å²) in [7, 11) is 1.89. The molecule has 0 aromatic carbocycles. The molecule has 0 unspecified atom stereocenters. The van der Waals surface area contributed by atoms with Gasteiger partial charge in [0.05, 0.1) is 0 Å². The third kappa shape index (κ3) is 2.91. The van der Waals surface area contributed by atoms with Crippen LogP contribution in [0.5, 0.6) is 0 Å². The van der Waals surface area contributed by atoms with Crippen molar-refractivity contribution in [3.63, 3.8) is 0 Å². The van der Waals surface area contributed by atoms with E-state index in [1.165, 1.54) is 11.8 Å². The van der Waals surface area contributed by atoms with Crippen molar-refractivity contribution in [1.82, 2.24) is 24.7 Å². The first-order valence-electron chi connectivity index (χ1n) is 6.20. The summed E-state index contributed by atoms with van der Waals surface area (Å²) < 4.78 is 1.85. The molecule has 0 radical (unpaired) electrons. The Hall–Kier alpha value is -1.67. The molecule has 2 aromatic heterocycles. The Morgan fingerprint density at radius 2 is 2.00 bits per heavy atom. The second-order valence-electron chi connectivity index (χ2n) is 5.55. The highest BCUT2D eigenvalue weighted by atomic mass is 32.2. The Labute approximate surface area is 122 Å². The van der Waals surface area contributed by atoms with E-state index in [1.54, 1.807) is 6.33 Å². The first-order chi connectivity index (χ1) is 9.32. The number of hydrazine groups is 1. The van der Waals surface area contributed by atoms with Crippen LogP contribution >= 0.6 is 11.8 Å². The highest BCUT2D eigenvalue weighted by Crippen LogP contribution is 2.31. The molecule has 0 aliphatic heterocycles. The van der Waals surface area contributed by atoms with Gasteiger partial charge in [-0.05, 0) is 18.7 Å². The van der Waals surface area contributed by atoms with Gasteiger partial charge < -0.3 is 9.99 Å². The van der Waals surface area contributed by atoms with Gasteiger partial charge in [0.25, 0.3) is 0 Å². The molecule has 2 rings (SSSR count). The zero-order chi connectivity index (χ0) is 14.9. The smallest absolute Gasteiger partial charge is 0.197 e. The predicted octanol–water partition coefficient (Wildman–Crippen LogP) is 1.65. The minimum atomic E-state index is -0.158. The van der Waals surface area contributed by atoms with E-state index in [2.05, 4.69) is 46.4 Å². The molecule has 0 saturated heterocycles. The van der Waals surface area contributed by atoms with Crippen molar-refractivity contribution >= 4 is 17.6 Å². The van der Waals surface area contributed by atoms with Crippen LogP contribution in [0.1, 0.15) is 32.2 Å².